The molecule has 0 saturated heterocycles. The zero-order chi connectivity index (χ0) is 16.8. The fourth-order valence-electron chi connectivity index (χ4n) is 2.06. The van der Waals surface area contributed by atoms with Gasteiger partial charge < -0.3 is 19.3 Å². The molecule has 0 atom stereocenters. The van der Waals surface area contributed by atoms with Gasteiger partial charge in [-0.25, -0.2) is 0 Å². The Morgan fingerprint density at radius 3 is 3.00 bits per heavy atom. The lowest BCUT2D eigenvalue weighted by molar-refractivity contribution is -0.121. The van der Waals surface area contributed by atoms with Crippen molar-refractivity contribution in [2.45, 2.75) is 6.61 Å². The zero-order valence-corrected chi connectivity index (χ0v) is 13.8. The summed E-state index contributed by atoms with van der Waals surface area (Å²) in [6, 6.07) is 12.8. The van der Waals surface area contributed by atoms with E-state index in [1.54, 1.807) is 36.6 Å². The number of carbonyl (C=O) groups excluding carboxylic acids is 1. The average molecular weight is 344 g/mol. The van der Waals surface area contributed by atoms with Crippen LogP contribution in [0, 0.1) is 0 Å². The number of thiophene rings is 1. The number of anilines is 1. The molecule has 0 fully saturated rings. The van der Waals surface area contributed by atoms with E-state index in [0.717, 1.165) is 4.88 Å². The van der Waals surface area contributed by atoms with Crippen LogP contribution < -0.4 is 10.1 Å². The number of amides is 1. The van der Waals surface area contributed by atoms with E-state index in [2.05, 4.69) is 10.5 Å². The highest BCUT2D eigenvalue weighted by atomic mass is 32.1. The number of hydrogen-bond donors (Lipinski definition) is 1. The number of hydrogen-bond acceptors (Lipinski definition) is 6. The van der Waals surface area contributed by atoms with Crippen LogP contribution in [0.2, 0.25) is 0 Å². The van der Waals surface area contributed by atoms with Crippen LogP contribution >= 0.6 is 11.3 Å². The minimum atomic E-state index is -0.245. The topological polar surface area (TPSA) is 73.6 Å². The van der Waals surface area contributed by atoms with Gasteiger partial charge in [-0.1, -0.05) is 17.3 Å². The highest BCUT2D eigenvalue weighted by Crippen LogP contribution is 2.25. The normalized spacial score (nSPS) is 10.5. The Morgan fingerprint density at radius 1 is 1.29 bits per heavy atom. The molecule has 0 aliphatic heterocycles. The Hall–Kier alpha value is -2.64. The van der Waals surface area contributed by atoms with Gasteiger partial charge in [-0.15, -0.1) is 11.3 Å². The number of methoxy groups -OCH3 is 1. The molecule has 1 aromatic carbocycles. The molecule has 3 rings (SSSR count). The van der Waals surface area contributed by atoms with Gasteiger partial charge in [0.25, 0.3) is 0 Å². The van der Waals surface area contributed by atoms with E-state index in [-0.39, 0.29) is 19.1 Å². The summed E-state index contributed by atoms with van der Waals surface area (Å²) in [5, 5.41) is 8.65. The molecule has 0 bridgehead atoms. The molecule has 24 heavy (non-hydrogen) atoms. The van der Waals surface area contributed by atoms with Gasteiger partial charge >= 0.3 is 0 Å². The van der Waals surface area contributed by atoms with Crippen LogP contribution in [-0.2, 0) is 16.1 Å². The summed E-state index contributed by atoms with van der Waals surface area (Å²) in [5.74, 6) is 1.13. The van der Waals surface area contributed by atoms with E-state index in [9.17, 15) is 4.79 Å². The third-order valence-corrected chi connectivity index (χ3v) is 4.04. The number of benzene rings is 1. The van der Waals surface area contributed by atoms with Gasteiger partial charge in [0.1, 0.15) is 18.1 Å². The van der Waals surface area contributed by atoms with Gasteiger partial charge in [0.15, 0.2) is 5.76 Å². The first-order chi connectivity index (χ1) is 11.7. The molecule has 0 saturated carbocycles. The summed E-state index contributed by atoms with van der Waals surface area (Å²) in [4.78, 5) is 12.9. The molecule has 7 heteroatoms. The fourth-order valence-corrected chi connectivity index (χ4v) is 2.73. The first-order valence-electron chi connectivity index (χ1n) is 7.26. The largest absolute Gasteiger partial charge is 0.497 e. The Morgan fingerprint density at radius 2 is 2.21 bits per heavy atom. The summed E-state index contributed by atoms with van der Waals surface area (Å²) in [7, 11) is 1.58. The Kier molecular flexibility index (Phi) is 5.25. The number of ether oxygens (including phenoxy) is 2. The van der Waals surface area contributed by atoms with E-state index >= 15 is 0 Å². The molecular weight excluding hydrogens is 328 g/mol. The summed E-state index contributed by atoms with van der Waals surface area (Å²) in [6.07, 6.45) is 0. The predicted octanol–water partition coefficient (Wildman–Crippen LogP) is 3.57. The van der Waals surface area contributed by atoms with Crippen molar-refractivity contribution in [1.82, 2.24) is 5.16 Å². The average Bonchev–Trinajstić information content (AvgIpc) is 3.26. The van der Waals surface area contributed by atoms with Crippen LogP contribution in [-0.4, -0.2) is 24.8 Å². The SMILES string of the molecule is COc1cccc(NC(=O)COCc2cc(-c3cccs3)on2)c1. The molecule has 6 nitrogen and oxygen atoms in total. The van der Waals surface area contributed by atoms with Gasteiger partial charge in [-0.2, -0.15) is 0 Å². The molecule has 0 spiro atoms. The van der Waals surface area contributed by atoms with Crippen molar-refractivity contribution < 1.29 is 18.8 Å². The maximum atomic E-state index is 11.9. The lowest BCUT2D eigenvalue weighted by atomic mass is 10.3. The van der Waals surface area contributed by atoms with Crippen molar-refractivity contribution >= 4 is 22.9 Å². The highest BCUT2D eigenvalue weighted by molar-refractivity contribution is 7.13. The number of nitrogens with zero attached hydrogens (tertiary/aromatic N) is 1. The molecule has 0 aliphatic rings. The van der Waals surface area contributed by atoms with Crippen molar-refractivity contribution in [2.75, 3.05) is 19.0 Å². The van der Waals surface area contributed by atoms with Gasteiger partial charge in [0.05, 0.1) is 18.6 Å². The molecular formula is C17H16N2O4S. The Balaban J connectivity index is 1.46. The van der Waals surface area contributed by atoms with Crippen molar-refractivity contribution in [1.29, 1.82) is 0 Å². The second kappa shape index (κ2) is 7.76. The first-order valence-corrected chi connectivity index (χ1v) is 8.13. The van der Waals surface area contributed by atoms with Crippen molar-refractivity contribution in [2.24, 2.45) is 0 Å². The zero-order valence-electron chi connectivity index (χ0n) is 13.0. The molecule has 1 amide bonds. The standard InChI is InChI=1S/C17H16N2O4S/c1-21-14-5-2-4-12(8-14)18-17(20)11-22-10-13-9-15(23-19-13)16-6-3-7-24-16/h2-9H,10-11H2,1H3,(H,18,20). The number of nitrogens with one attached hydrogen (secondary N) is 1. The first kappa shape index (κ1) is 16.2. The molecule has 2 heterocycles. The molecule has 0 radical (unpaired) electrons. The second-order valence-corrected chi connectivity index (χ2v) is 5.88. The summed E-state index contributed by atoms with van der Waals surface area (Å²) < 4.78 is 15.7. The van der Waals surface area contributed by atoms with Gasteiger partial charge in [0, 0.05) is 17.8 Å². The third kappa shape index (κ3) is 4.21. The Labute approximate surface area is 143 Å². The molecule has 124 valence electrons. The smallest absolute Gasteiger partial charge is 0.250 e. The van der Waals surface area contributed by atoms with Crippen LogP contribution in [0.4, 0.5) is 5.69 Å². The maximum Gasteiger partial charge on any atom is 0.250 e. The van der Waals surface area contributed by atoms with Gasteiger partial charge in [-0.3, -0.25) is 4.79 Å². The minimum Gasteiger partial charge on any atom is -0.497 e. The molecule has 0 unspecified atom stereocenters. The minimum absolute atomic E-state index is 0.0710. The Bertz CT molecular complexity index is 799. The van der Waals surface area contributed by atoms with E-state index in [4.69, 9.17) is 14.0 Å². The maximum absolute atomic E-state index is 11.9. The van der Waals surface area contributed by atoms with E-state index in [1.807, 2.05) is 29.6 Å². The van der Waals surface area contributed by atoms with Gasteiger partial charge in [0.2, 0.25) is 5.91 Å². The fraction of sp³-hybridized carbons (Fsp3) is 0.176. The van der Waals surface area contributed by atoms with Crippen LogP contribution in [0.15, 0.2) is 52.4 Å². The molecule has 3 aromatic rings. The predicted molar refractivity (Wildman–Crippen MR) is 91.1 cm³/mol. The monoisotopic (exact) mass is 344 g/mol. The van der Waals surface area contributed by atoms with E-state index < -0.39 is 0 Å². The summed E-state index contributed by atoms with van der Waals surface area (Å²) in [5.41, 5.74) is 1.30. The number of carbonyl (C=O) groups is 1. The number of aromatic nitrogens is 1. The van der Waals surface area contributed by atoms with Crippen molar-refractivity contribution in [3.8, 4) is 16.4 Å². The molecule has 2 aromatic heterocycles. The van der Waals surface area contributed by atoms with Crippen LogP contribution in [0.1, 0.15) is 5.69 Å². The van der Waals surface area contributed by atoms with E-state index in [1.165, 1.54) is 0 Å². The second-order valence-electron chi connectivity index (χ2n) is 4.93. The third-order valence-electron chi connectivity index (χ3n) is 3.16. The quantitative estimate of drug-likeness (QED) is 0.709. The summed E-state index contributed by atoms with van der Waals surface area (Å²) >= 11 is 1.57. The van der Waals surface area contributed by atoms with Crippen molar-refractivity contribution in [3.63, 3.8) is 0 Å². The lowest BCUT2D eigenvalue weighted by Gasteiger charge is -2.07. The van der Waals surface area contributed by atoms with Crippen LogP contribution in [0.25, 0.3) is 10.6 Å². The van der Waals surface area contributed by atoms with Crippen LogP contribution in [0.5, 0.6) is 5.75 Å². The van der Waals surface area contributed by atoms with E-state index in [0.29, 0.717) is 22.9 Å². The molecule has 0 aliphatic carbocycles. The lowest BCUT2D eigenvalue weighted by Crippen LogP contribution is -2.18. The van der Waals surface area contributed by atoms with Crippen molar-refractivity contribution in [3.05, 3.63) is 53.5 Å². The van der Waals surface area contributed by atoms with Gasteiger partial charge in [-0.05, 0) is 23.6 Å². The number of rotatable bonds is 7. The summed E-state index contributed by atoms with van der Waals surface area (Å²) in [6.45, 7) is 0.138. The van der Waals surface area contributed by atoms with Crippen LogP contribution in [0.3, 0.4) is 0 Å². The highest BCUT2D eigenvalue weighted by Gasteiger charge is 2.09. The molecule has 1 N–H and O–H groups in total.